The molecule has 0 bridgehead atoms. The van der Waals surface area contributed by atoms with Crippen molar-refractivity contribution in [2.24, 2.45) is 0 Å². The minimum atomic E-state index is -0.140. The van der Waals surface area contributed by atoms with Gasteiger partial charge in [-0.25, -0.2) is 0 Å². The van der Waals surface area contributed by atoms with E-state index in [4.69, 9.17) is 4.52 Å². The molecular weight excluding hydrogens is 264 g/mol. The fourth-order valence-electron chi connectivity index (χ4n) is 3.20. The minimum absolute atomic E-state index is 0.140. The second kappa shape index (κ2) is 5.56. The summed E-state index contributed by atoms with van der Waals surface area (Å²) in [7, 11) is 0. The van der Waals surface area contributed by atoms with Crippen molar-refractivity contribution >= 4 is 0 Å². The molecule has 1 unspecified atom stereocenters. The quantitative estimate of drug-likeness (QED) is 0.935. The molecule has 2 aromatic heterocycles. The molecule has 0 aliphatic carbocycles. The molecule has 0 amide bonds. The number of hydrogen-bond acceptors (Lipinski definition) is 5. The van der Waals surface area contributed by atoms with E-state index in [1.54, 1.807) is 0 Å². The molecule has 0 radical (unpaired) electrons. The van der Waals surface area contributed by atoms with Gasteiger partial charge >= 0.3 is 0 Å². The van der Waals surface area contributed by atoms with E-state index >= 15 is 0 Å². The molecule has 1 aliphatic heterocycles. The van der Waals surface area contributed by atoms with Gasteiger partial charge in [0.15, 0.2) is 0 Å². The van der Waals surface area contributed by atoms with Gasteiger partial charge in [0.05, 0.1) is 5.54 Å². The summed E-state index contributed by atoms with van der Waals surface area (Å²) in [5.41, 5.74) is 2.88. The van der Waals surface area contributed by atoms with E-state index in [0.29, 0.717) is 11.7 Å². The Balaban J connectivity index is 1.95. The van der Waals surface area contributed by atoms with Crippen molar-refractivity contribution in [2.45, 2.75) is 52.0 Å². The zero-order valence-electron chi connectivity index (χ0n) is 12.9. The predicted octanol–water partition coefficient (Wildman–Crippen LogP) is 3.13. The number of nitrogens with one attached hydrogen (secondary N) is 1. The molecule has 3 rings (SSSR count). The second-order valence-electron chi connectivity index (χ2n) is 5.96. The zero-order chi connectivity index (χ0) is 14.9. The van der Waals surface area contributed by atoms with Crippen LogP contribution < -0.4 is 5.32 Å². The Kier molecular flexibility index (Phi) is 3.76. The van der Waals surface area contributed by atoms with E-state index in [-0.39, 0.29) is 5.54 Å². The first-order valence-corrected chi connectivity index (χ1v) is 7.67. The topological polar surface area (TPSA) is 63.8 Å². The summed E-state index contributed by atoms with van der Waals surface area (Å²) in [6.07, 6.45) is 6.16. The molecule has 21 heavy (non-hydrogen) atoms. The van der Waals surface area contributed by atoms with Crippen LogP contribution in [0.3, 0.4) is 0 Å². The molecule has 0 aromatic carbocycles. The number of nitrogens with zero attached hydrogens (tertiary/aromatic N) is 3. The number of rotatable bonds is 4. The molecule has 1 aliphatic rings. The Morgan fingerprint density at radius 2 is 2.24 bits per heavy atom. The summed E-state index contributed by atoms with van der Waals surface area (Å²) in [5, 5.41) is 7.72. The van der Waals surface area contributed by atoms with Crippen molar-refractivity contribution in [3.8, 4) is 11.5 Å². The third-order valence-electron chi connectivity index (χ3n) is 4.18. The van der Waals surface area contributed by atoms with Crippen LogP contribution in [0.4, 0.5) is 0 Å². The maximum atomic E-state index is 5.58. The number of aromatic nitrogens is 3. The van der Waals surface area contributed by atoms with Gasteiger partial charge < -0.3 is 9.84 Å². The lowest BCUT2D eigenvalue weighted by Gasteiger charge is -2.24. The Labute approximate surface area is 125 Å². The highest BCUT2D eigenvalue weighted by atomic mass is 16.5. The minimum Gasteiger partial charge on any atom is -0.337 e. The third-order valence-corrected chi connectivity index (χ3v) is 4.18. The first-order chi connectivity index (χ1) is 10.1. The molecule has 1 saturated heterocycles. The van der Waals surface area contributed by atoms with Crippen molar-refractivity contribution in [1.82, 2.24) is 20.4 Å². The van der Waals surface area contributed by atoms with Crippen LogP contribution in [0.2, 0.25) is 0 Å². The second-order valence-corrected chi connectivity index (χ2v) is 5.96. The van der Waals surface area contributed by atoms with E-state index in [1.165, 1.54) is 0 Å². The van der Waals surface area contributed by atoms with E-state index in [2.05, 4.69) is 33.4 Å². The number of aryl methyl sites for hydroxylation is 2. The van der Waals surface area contributed by atoms with E-state index < -0.39 is 0 Å². The van der Waals surface area contributed by atoms with Crippen LogP contribution in [0.1, 0.15) is 49.6 Å². The SMILES string of the molecule is CCCC1(c2nc(-c3ncc(C)cc3C)no2)CCCN1. The van der Waals surface area contributed by atoms with Gasteiger partial charge in [-0.05, 0) is 50.8 Å². The third kappa shape index (κ3) is 2.58. The average molecular weight is 286 g/mol. The van der Waals surface area contributed by atoms with Crippen molar-refractivity contribution in [3.63, 3.8) is 0 Å². The molecular formula is C16H22N4O. The summed E-state index contributed by atoms with van der Waals surface area (Å²) >= 11 is 0. The van der Waals surface area contributed by atoms with Crippen molar-refractivity contribution in [1.29, 1.82) is 0 Å². The lowest BCUT2D eigenvalue weighted by molar-refractivity contribution is 0.241. The normalized spacial score (nSPS) is 21.9. The summed E-state index contributed by atoms with van der Waals surface area (Å²) in [4.78, 5) is 9.09. The van der Waals surface area contributed by atoms with Gasteiger partial charge in [0, 0.05) is 6.20 Å². The lowest BCUT2D eigenvalue weighted by Crippen LogP contribution is -2.36. The Morgan fingerprint density at radius 1 is 1.38 bits per heavy atom. The van der Waals surface area contributed by atoms with Crippen LogP contribution in [-0.4, -0.2) is 21.7 Å². The molecule has 2 aromatic rings. The molecule has 1 N–H and O–H groups in total. The Bertz CT molecular complexity index is 629. The summed E-state index contributed by atoms with van der Waals surface area (Å²) in [5.74, 6) is 1.30. The van der Waals surface area contributed by atoms with E-state index in [9.17, 15) is 0 Å². The Morgan fingerprint density at radius 3 is 2.90 bits per heavy atom. The van der Waals surface area contributed by atoms with Gasteiger partial charge in [-0.3, -0.25) is 4.98 Å². The molecule has 3 heterocycles. The standard InChI is InChI=1S/C16H22N4O/c1-4-6-16(7-5-8-18-16)15-19-14(20-21-15)13-12(3)9-11(2)10-17-13/h9-10,18H,4-8H2,1-3H3. The van der Waals surface area contributed by atoms with Gasteiger partial charge in [-0.1, -0.05) is 24.6 Å². The van der Waals surface area contributed by atoms with Crippen LogP contribution in [0.5, 0.6) is 0 Å². The number of pyridine rings is 1. The lowest BCUT2D eigenvalue weighted by atomic mass is 9.92. The maximum absolute atomic E-state index is 5.58. The molecule has 0 saturated carbocycles. The van der Waals surface area contributed by atoms with Crippen LogP contribution in [0, 0.1) is 13.8 Å². The smallest absolute Gasteiger partial charge is 0.247 e. The largest absolute Gasteiger partial charge is 0.337 e. The van der Waals surface area contributed by atoms with E-state index in [1.807, 2.05) is 20.0 Å². The average Bonchev–Trinajstić information content (AvgIpc) is 3.08. The highest BCUT2D eigenvalue weighted by Crippen LogP contribution is 2.35. The highest BCUT2D eigenvalue weighted by Gasteiger charge is 2.39. The first-order valence-electron chi connectivity index (χ1n) is 7.67. The van der Waals surface area contributed by atoms with Crippen LogP contribution >= 0.6 is 0 Å². The predicted molar refractivity (Wildman–Crippen MR) is 80.8 cm³/mol. The monoisotopic (exact) mass is 286 g/mol. The fraction of sp³-hybridized carbons (Fsp3) is 0.562. The molecule has 5 heteroatoms. The van der Waals surface area contributed by atoms with Gasteiger partial charge in [0.25, 0.3) is 0 Å². The van der Waals surface area contributed by atoms with Gasteiger partial charge in [-0.15, -0.1) is 0 Å². The van der Waals surface area contributed by atoms with Gasteiger partial charge in [0.1, 0.15) is 5.69 Å². The maximum Gasteiger partial charge on any atom is 0.247 e. The van der Waals surface area contributed by atoms with Crippen molar-refractivity contribution in [3.05, 3.63) is 29.3 Å². The highest BCUT2D eigenvalue weighted by molar-refractivity contribution is 5.54. The van der Waals surface area contributed by atoms with Crippen molar-refractivity contribution < 1.29 is 4.52 Å². The molecule has 5 nitrogen and oxygen atoms in total. The first kappa shape index (κ1) is 14.2. The molecule has 1 fully saturated rings. The fourth-order valence-corrected chi connectivity index (χ4v) is 3.20. The van der Waals surface area contributed by atoms with Crippen molar-refractivity contribution in [2.75, 3.05) is 6.54 Å². The molecule has 0 spiro atoms. The molecule has 112 valence electrons. The Hall–Kier alpha value is -1.75. The van der Waals surface area contributed by atoms with Gasteiger partial charge in [-0.2, -0.15) is 4.98 Å². The van der Waals surface area contributed by atoms with Crippen LogP contribution in [0.25, 0.3) is 11.5 Å². The van der Waals surface area contributed by atoms with Crippen LogP contribution in [0.15, 0.2) is 16.8 Å². The zero-order valence-corrected chi connectivity index (χ0v) is 12.9. The van der Waals surface area contributed by atoms with Crippen LogP contribution in [-0.2, 0) is 5.54 Å². The number of hydrogen-bond donors (Lipinski definition) is 1. The van der Waals surface area contributed by atoms with E-state index in [0.717, 1.165) is 49.0 Å². The van der Waals surface area contributed by atoms with Gasteiger partial charge in [0.2, 0.25) is 11.7 Å². The summed E-state index contributed by atoms with van der Waals surface area (Å²) < 4.78 is 5.58. The summed E-state index contributed by atoms with van der Waals surface area (Å²) in [6.45, 7) is 7.26. The molecule has 1 atom stereocenters. The summed E-state index contributed by atoms with van der Waals surface area (Å²) in [6, 6.07) is 2.09.